The lowest BCUT2D eigenvalue weighted by atomic mass is 10.6. The summed E-state index contributed by atoms with van der Waals surface area (Å²) in [5.74, 6) is -1.06. The van der Waals surface area contributed by atoms with Gasteiger partial charge in [0.25, 0.3) is 0 Å². The Morgan fingerprint density at radius 3 is 2.69 bits per heavy atom. The Morgan fingerprint density at radius 2 is 2.19 bits per heavy atom. The van der Waals surface area contributed by atoms with Gasteiger partial charge in [-0.05, 0) is 0 Å². The first-order valence-electron chi connectivity index (χ1n) is 4.49. The second-order valence-electron chi connectivity index (χ2n) is 3.02. The van der Waals surface area contributed by atoms with E-state index in [-0.39, 0.29) is 6.61 Å². The summed E-state index contributed by atoms with van der Waals surface area (Å²) >= 11 is 0. The topological polar surface area (TPSA) is 47.0 Å². The van der Waals surface area contributed by atoms with Gasteiger partial charge in [-0.15, -0.1) is 9.69 Å². The van der Waals surface area contributed by atoms with Crippen molar-refractivity contribution in [3.63, 3.8) is 0 Å². The molecule has 0 unspecified atom stereocenters. The van der Waals surface area contributed by atoms with Gasteiger partial charge in [-0.1, -0.05) is 0 Å². The molecule has 1 aromatic heterocycles. The zero-order valence-electron chi connectivity index (χ0n) is 8.79. The molecule has 6 heteroatoms. The highest BCUT2D eigenvalue weighted by atomic mass is 16.6. The van der Waals surface area contributed by atoms with Crippen LogP contribution in [-0.4, -0.2) is 16.3 Å². The fraction of sp³-hybridized carbons (Fsp3) is 0.300. The Labute approximate surface area is 93.3 Å². The predicted octanol–water partition coefficient (Wildman–Crippen LogP) is 0.852. The average molecular weight is 219 g/mol. The fourth-order valence-electron chi connectivity index (χ4n) is 1.07. The van der Waals surface area contributed by atoms with Gasteiger partial charge in [0.1, 0.15) is 38.7 Å². The van der Waals surface area contributed by atoms with Gasteiger partial charge < -0.3 is 9.84 Å². The molecule has 0 saturated carbocycles. The minimum absolute atomic E-state index is 0.203. The van der Waals surface area contributed by atoms with Crippen LogP contribution < -0.4 is 4.57 Å². The van der Waals surface area contributed by atoms with Crippen molar-refractivity contribution in [3.8, 4) is 0 Å². The number of rotatable bonds is 4. The molecule has 0 aliphatic rings. The molecule has 6 nitrogen and oxygen atoms in total. The summed E-state index contributed by atoms with van der Waals surface area (Å²) in [6, 6.07) is 0. The van der Waals surface area contributed by atoms with Gasteiger partial charge in [-0.3, -0.25) is 0 Å². The third-order valence-electron chi connectivity index (χ3n) is 1.82. The number of ether oxygens (including phenoxy) is 1. The van der Waals surface area contributed by atoms with Crippen molar-refractivity contribution < 1.29 is 14.4 Å². The molecule has 0 radical (unpaired) electrons. The molecule has 0 aliphatic heterocycles. The van der Waals surface area contributed by atoms with Crippen LogP contribution >= 0.6 is 0 Å². The fourth-order valence-corrected chi connectivity index (χ4v) is 1.07. The van der Waals surface area contributed by atoms with E-state index in [1.165, 1.54) is 0 Å². The summed E-state index contributed by atoms with van der Waals surface area (Å²) in [4.78, 5) is 5.65. The number of aliphatic hydroxyl groups excluding tert-OH is 1. The van der Waals surface area contributed by atoms with Crippen molar-refractivity contribution in [1.29, 1.82) is 0 Å². The van der Waals surface area contributed by atoms with Crippen LogP contribution in [0.2, 0.25) is 0 Å². The Balaban J connectivity index is 2.46. The summed E-state index contributed by atoms with van der Waals surface area (Å²) in [5, 5.41) is 9.21. The number of imidazole rings is 1. The van der Waals surface area contributed by atoms with Crippen molar-refractivity contribution in [3.05, 3.63) is 53.3 Å². The second-order valence-corrected chi connectivity index (χ2v) is 3.02. The molecule has 1 N–H and O–H groups in total. The van der Waals surface area contributed by atoms with Gasteiger partial charge in [0.15, 0.2) is 0 Å². The molecule has 0 atom stereocenters. The Bertz CT molecular complexity index is 460. The molecule has 0 fully saturated rings. The SMILES string of the molecule is [C-]#[N+]C([N+]#[C-])=C(O)OCCn1cc[n+](C)c1. The summed E-state index contributed by atoms with van der Waals surface area (Å²) in [5.41, 5.74) is 0. The van der Waals surface area contributed by atoms with Crippen LogP contribution in [0.15, 0.2) is 30.5 Å². The van der Waals surface area contributed by atoms with E-state index < -0.39 is 11.8 Å². The highest BCUT2D eigenvalue weighted by Crippen LogP contribution is 2.06. The van der Waals surface area contributed by atoms with Crippen LogP contribution in [0, 0.1) is 13.1 Å². The molecule has 0 bridgehead atoms. The number of hydrogen-bond donors (Lipinski definition) is 1. The normalized spacial score (nSPS) is 8.94. The number of hydrogen-bond acceptors (Lipinski definition) is 2. The molecule has 0 spiro atoms. The third kappa shape index (κ3) is 3.03. The Hall–Kier alpha value is -2.47. The zero-order valence-corrected chi connectivity index (χ0v) is 8.79. The van der Waals surface area contributed by atoms with Gasteiger partial charge in [-0.25, -0.2) is 9.13 Å². The highest BCUT2D eigenvalue weighted by Gasteiger charge is 2.15. The van der Waals surface area contributed by atoms with Crippen molar-refractivity contribution in [2.75, 3.05) is 6.61 Å². The Morgan fingerprint density at radius 1 is 1.50 bits per heavy atom. The summed E-state index contributed by atoms with van der Waals surface area (Å²) in [6.45, 7) is 13.9. The van der Waals surface area contributed by atoms with Crippen LogP contribution in [0.5, 0.6) is 0 Å². The third-order valence-corrected chi connectivity index (χ3v) is 1.82. The first-order valence-corrected chi connectivity index (χ1v) is 4.49. The van der Waals surface area contributed by atoms with Crippen LogP contribution in [-0.2, 0) is 18.3 Å². The van der Waals surface area contributed by atoms with E-state index in [0.717, 1.165) is 0 Å². The number of nitrogens with zero attached hydrogens (tertiary/aromatic N) is 4. The molecule has 0 aromatic carbocycles. The number of aryl methyl sites for hydroxylation is 1. The number of aliphatic hydroxyl groups is 1. The number of aromatic nitrogens is 2. The summed E-state index contributed by atoms with van der Waals surface area (Å²) in [6.07, 6.45) is 5.59. The second kappa shape index (κ2) is 5.42. The summed E-state index contributed by atoms with van der Waals surface area (Å²) in [7, 11) is 1.89. The monoisotopic (exact) mass is 219 g/mol. The molecular weight excluding hydrogens is 208 g/mol. The lowest BCUT2D eigenvalue weighted by Crippen LogP contribution is -2.24. The molecule has 1 aromatic rings. The van der Waals surface area contributed by atoms with Crippen molar-refractivity contribution >= 4 is 0 Å². The van der Waals surface area contributed by atoms with E-state index in [1.807, 2.05) is 34.9 Å². The van der Waals surface area contributed by atoms with Gasteiger partial charge >= 0.3 is 11.8 Å². The molecule has 0 aliphatic carbocycles. The van der Waals surface area contributed by atoms with E-state index in [9.17, 15) is 5.11 Å². The maximum absolute atomic E-state index is 9.21. The van der Waals surface area contributed by atoms with Crippen molar-refractivity contribution in [2.45, 2.75) is 6.54 Å². The largest absolute Gasteiger partial charge is 0.599 e. The van der Waals surface area contributed by atoms with Crippen molar-refractivity contribution in [2.24, 2.45) is 7.05 Å². The quantitative estimate of drug-likeness (QED) is 0.463. The van der Waals surface area contributed by atoms with Gasteiger partial charge in [0.05, 0.1) is 7.05 Å². The zero-order chi connectivity index (χ0) is 12.0. The summed E-state index contributed by atoms with van der Waals surface area (Å²) < 4.78 is 8.61. The van der Waals surface area contributed by atoms with Crippen LogP contribution in [0.25, 0.3) is 9.69 Å². The smallest absolute Gasteiger partial charge is 0.484 e. The van der Waals surface area contributed by atoms with Gasteiger partial charge in [0, 0.05) is 0 Å². The molecule has 1 heterocycles. The molecule has 0 amide bonds. The van der Waals surface area contributed by atoms with Crippen LogP contribution in [0.4, 0.5) is 0 Å². The highest BCUT2D eigenvalue weighted by molar-refractivity contribution is 5.17. The minimum Gasteiger partial charge on any atom is -0.484 e. The minimum atomic E-state index is -0.610. The molecular formula is C10H11N4O2+. The van der Waals surface area contributed by atoms with E-state index in [1.54, 1.807) is 0 Å². The van der Waals surface area contributed by atoms with E-state index in [2.05, 4.69) is 9.69 Å². The van der Waals surface area contributed by atoms with Crippen molar-refractivity contribution in [1.82, 2.24) is 4.57 Å². The standard InChI is InChI=1S/C10H10N4O2/c1-11-9(12-2)10(15)16-7-6-14-5-4-13(3)8-14/h4-5,8H,6-7H2,3H3/p+1. The van der Waals surface area contributed by atoms with E-state index >= 15 is 0 Å². The molecule has 0 saturated heterocycles. The lowest BCUT2D eigenvalue weighted by Gasteiger charge is -1.99. The first kappa shape index (κ1) is 11.6. The van der Waals surface area contributed by atoms with E-state index in [4.69, 9.17) is 17.9 Å². The first-order chi connectivity index (χ1) is 7.67. The lowest BCUT2D eigenvalue weighted by molar-refractivity contribution is -0.671. The average Bonchev–Trinajstić information content (AvgIpc) is 2.66. The molecule has 16 heavy (non-hydrogen) atoms. The van der Waals surface area contributed by atoms with Crippen LogP contribution in [0.1, 0.15) is 0 Å². The van der Waals surface area contributed by atoms with Gasteiger partial charge in [0.2, 0.25) is 6.33 Å². The maximum atomic E-state index is 9.21. The van der Waals surface area contributed by atoms with Crippen LogP contribution in [0.3, 0.4) is 0 Å². The van der Waals surface area contributed by atoms with Gasteiger partial charge in [-0.2, -0.15) is 0 Å². The maximum Gasteiger partial charge on any atom is 0.599 e. The molecule has 82 valence electrons. The predicted molar refractivity (Wildman–Crippen MR) is 54.4 cm³/mol. The molecule has 1 rings (SSSR count). The van der Waals surface area contributed by atoms with E-state index in [0.29, 0.717) is 6.54 Å². The Kier molecular flexibility index (Phi) is 3.93.